The van der Waals surface area contributed by atoms with E-state index in [1.54, 1.807) is 25.5 Å². The molecule has 0 aliphatic rings. The standard InChI is InChI=1S/C22H18I2N2O3/c1-28-21-12-16(13-25-26-22(27)17-5-9-19(24)10-6-17)4-11-20(21)29-14-15-2-7-18(23)8-3-15/h2-13H,14H2,1H3,(H,26,27)/b25-13-. The molecule has 3 rings (SSSR count). The molecule has 0 saturated carbocycles. The van der Waals surface area contributed by atoms with E-state index >= 15 is 0 Å². The lowest BCUT2D eigenvalue weighted by atomic mass is 10.2. The van der Waals surface area contributed by atoms with Crippen molar-refractivity contribution >= 4 is 57.3 Å². The van der Waals surface area contributed by atoms with Crippen LogP contribution < -0.4 is 14.9 Å². The number of nitrogens with zero attached hydrogens (tertiary/aromatic N) is 1. The SMILES string of the molecule is COc1cc(/C=N\NC(=O)c2ccc(I)cc2)ccc1OCc1ccc(I)cc1. The summed E-state index contributed by atoms with van der Waals surface area (Å²) in [7, 11) is 1.59. The van der Waals surface area contributed by atoms with Gasteiger partial charge in [-0.05, 0) is 111 Å². The summed E-state index contributed by atoms with van der Waals surface area (Å²) < 4.78 is 13.6. The number of benzene rings is 3. The van der Waals surface area contributed by atoms with Crippen molar-refractivity contribution in [2.75, 3.05) is 7.11 Å². The molecule has 29 heavy (non-hydrogen) atoms. The van der Waals surface area contributed by atoms with E-state index in [0.717, 1.165) is 14.7 Å². The van der Waals surface area contributed by atoms with E-state index in [0.29, 0.717) is 23.7 Å². The van der Waals surface area contributed by atoms with Crippen LogP contribution in [0.3, 0.4) is 0 Å². The molecular formula is C22H18I2N2O3. The second-order valence-corrected chi connectivity index (χ2v) is 8.52. The summed E-state index contributed by atoms with van der Waals surface area (Å²) in [6, 6.07) is 20.9. The van der Waals surface area contributed by atoms with Gasteiger partial charge in [-0.25, -0.2) is 5.43 Å². The van der Waals surface area contributed by atoms with Gasteiger partial charge in [0.25, 0.3) is 5.91 Å². The van der Waals surface area contributed by atoms with Gasteiger partial charge in [0.2, 0.25) is 0 Å². The van der Waals surface area contributed by atoms with Crippen LogP contribution in [0.2, 0.25) is 0 Å². The van der Waals surface area contributed by atoms with Crippen LogP contribution in [0.4, 0.5) is 0 Å². The van der Waals surface area contributed by atoms with Crippen molar-refractivity contribution in [2.24, 2.45) is 5.10 Å². The first-order valence-corrected chi connectivity index (χ1v) is 10.8. The molecule has 5 nitrogen and oxygen atoms in total. The molecule has 0 aliphatic heterocycles. The van der Waals surface area contributed by atoms with Gasteiger partial charge in [0.05, 0.1) is 13.3 Å². The van der Waals surface area contributed by atoms with Crippen LogP contribution in [0.15, 0.2) is 71.8 Å². The molecule has 0 aromatic heterocycles. The molecule has 0 aliphatic carbocycles. The Balaban J connectivity index is 1.61. The highest BCUT2D eigenvalue weighted by Crippen LogP contribution is 2.28. The van der Waals surface area contributed by atoms with Crippen molar-refractivity contribution in [3.63, 3.8) is 0 Å². The normalized spacial score (nSPS) is 10.7. The van der Waals surface area contributed by atoms with Crippen molar-refractivity contribution in [2.45, 2.75) is 6.61 Å². The van der Waals surface area contributed by atoms with Gasteiger partial charge in [0, 0.05) is 12.7 Å². The molecule has 148 valence electrons. The number of carbonyl (C=O) groups excluding carboxylic acids is 1. The van der Waals surface area contributed by atoms with Crippen LogP contribution in [0, 0.1) is 7.14 Å². The molecular weight excluding hydrogens is 594 g/mol. The number of halogens is 2. The summed E-state index contributed by atoms with van der Waals surface area (Å²) in [6.45, 7) is 0.451. The smallest absolute Gasteiger partial charge is 0.271 e. The average molecular weight is 612 g/mol. The van der Waals surface area contributed by atoms with E-state index in [-0.39, 0.29) is 5.91 Å². The fourth-order valence-electron chi connectivity index (χ4n) is 2.46. The number of rotatable bonds is 7. The van der Waals surface area contributed by atoms with Crippen LogP contribution in [0.5, 0.6) is 11.5 Å². The Labute approximate surface area is 196 Å². The van der Waals surface area contributed by atoms with Crippen LogP contribution in [-0.2, 0) is 6.61 Å². The summed E-state index contributed by atoms with van der Waals surface area (Å²) in [4.78, 5) is 12.1. The highest BCUT2D eigenvalue weighted by molar-refractivity contribution is 14.1. The Bertz CT molecular complexity index is 1000. The molecule has 0 bridgehead atoms. The number of carbonyl (C=O) groups is 1. The molecule has 0 unspecified atom stereocenters. The molecule has 0 saturated heterocycles. The molecule has 3 aromatic carbocycles. The molecule has 0 radical (unpaired) electrons. The lowest BCUT2D eigenvalue weighted by molar-refractivity contribution is 0.0955. The predicted octanol–water partition coefficient (Wildman–Crippen LogP) is 5.25. The highest BCUT2D eigenvalue weighted by Gasteiger charge is 2.07. The Hall–Kier alpha value is -2.14. The lowest BCUT2D eigenvalue weighted by Gasteiger charge is -2.11. The minimum atomic E-state index is -0.262. The maximum atomic E-state index is 12.1. The quantitative estimate of drug-likeness (QED) is 0.226. The Morgan fingerprint density at radius 1 is 0.966 bits per heavy atom. The van der Waals surface area contributed by atoms with Crippen LogP contribution in [0.1, 0.15) is 21.5 Å². The van der Waals surface area contributed by atoms with Crippen molar-refractivity contribution in [1.82, 2.24) is 5.43 Å². The third-order valence-corrected chi connectivity index (χ3v) is 5.42. The minimum Gasteiger partial charge on any atom is -0.493 e. The number of hydrogen-bond acceptors (Lipinski definition) is 4. The van der Waals surface area contributed by atoms with Gasteiger partial charge < -0.3 is 9.47 Å². The fourth-order valence-corrected chi connectivity index (χ4v) is 3.18. The number of amides is 1. The number of methoxy groups -OCH3 is 1. The zero-order valence-electron chi connectivity index (χ0n) is 15.6. The summed E-state index contributed by atoms with van der Waals surface area (Å²) in [5.41, 5.74) is 4.94. The first-order chi connectivity index (χ1) is 14.0. The maximum Gasteiger partial charge on any atom is 0.271 e. The van der Waals surface area contributed by atoms with Crippen molar-refractivity contribution in [1.29, 1.82) is 0 Å². The zero-order valence-corrected chi connectivity index (χ0v) is 19.9. The lowest BCUT2D eigenvalue weighted by Crippen LogP contribution is -2.17. The third kappa shape index (κ3) is 6.43. The first kappa shape index (κ1) is 21.6. The number of hydrazone groups is 1. The highest BCUT2D eigenvalue weighted by atomic mass is 127. The molecule has 0 spiro atoms. The van der Waals surface area contributed by atoms with Crippen molar-refractivity contribution in [3.8, 4) is 11.5 Å². The third-order valence-electron chi connectivity index (χ3n) is 3.98. The van der Waals surface area contributed by atoms with Gasteiger partial charge in [-0.1, -0.05) is 12.1 Å². The van der Waals surface area contributed by atoms with Crippen molar-refractivity contribution in [3.05, 3.63) is 90.6 Å². The maximum absolute atomic E-state index is 12.1. The zero-order chi connectivity index (χ0) is 20.6. The van der Waals surface area contributed by atoms with E-state index in [1.165, 1.54) is 3.57 Å². The van der Waals surface area contributed by atoms with E-state index in [2.05, 4.69) is 55.7 Å². The van der Waals surface area contributed by atoms with E-state index < -0.39 is 0 Å². The van der Waals surface area contributed by atoms with Crippen molar-refractivity contribution < 1.29 is 14.3 Å². The summed E-state index contributed by atoms with van der Waals surface area (Å²) >= 11 is 4.46. The van der Waals surface area contributed by atoms with E-state index in [9.17, 15) is 4.79 Å². The Morgan fingerprint density at radius 3 is 2.28 bits per heavy atom. The number of ether oxygens (including phenoxy) is 2. The summed E-state index contributed by atoms with van der Waals surface area (Å²) in [5.74, 6) is 0.983. The first-order valence-electron chi connectivity index (χ1n) is 8.69. The summed E-state index contributed by atoms with van der Waals surface area (Å²) in [6.07, 6.45) is 1.57. The van der Waals surface area contributed by atoms with Crippen LogP contribution in [-0.4, -0.2) is 19.2 Å². The Morgan fingerprint density at radius 2 is 1.62 bits per heavy atom. The van der Waals surface area contributed by atoms with Gasteiger partial charge >= 0.3 is 0 Å². The average Bonchev–Trinajstić information content (AvgIpc) is 2.74. The van der Waals surface area contributed by atoms with Gasteiger partial charge in [-0.15, -0.1) is 0 Å². The van der Waals surface area contributed by atoms with E-state index in [4.69, 9.17) is 9.47 Å². The summed E-state index contributed by atoms with van der Waals surface area (Å²) in [5, 5.41) is 4.02. The molecule has 1 amide bonds. The van der Waals surface area contributed by atoms with Gasteiger partial charge in [0.15, 0.2) is 11.5 Å². The van der Waals surface area contributed by atoms with Gasteiger partial charge in [-0.2, -0.15) is 5.10 Å². The second-order valence-electron chi connectivity index (χ2n) is 6.03. The van der Waals surface area contributed by atoms with Gasteiger partial charge in [-0.3, -0.25) is 4.79 Å². The Kier molecular flexibility index (Phi) is 7.87. The van der Waals surface area contributed by atoms with E-state index in [1.807, 2.05) is 54.6 Å². The van der Waals surface area contributed by atoms with Gasteiger partial charge in [0.1, 0.15) is 6.61 Å². The second kappa shape index (κ2) is 10.6. The molecule has 1 N–H and O–H groups in total. The number of hydrogen-bond donors (Lipinski definition) is 1. The monoisotopic (exact) mass is 612 g/mol. The largest absolute Gasteiger partial charge is 0.493 e. The molecule has 0 fully saturated rings. The molecule has 0 atom stereocenters. The molecule has 3 aromatic rings. The molecule has 0 heterocycles. The topological polar surface area (TPSA) is 59.9 Å². The predicted molar refractivity (Wildman–Crippen MR) is 131 cm³/mol. The minimum absolute atomic E-state index is 0.262. The molecule has 7 heteroatoms. The fraction of sp³-hybridized carbons (Fsp3) is 0.0909. The number of nitrogens with one attached hydrogen (secondary N) is 1. The van der Waals surface area contributed by atoms with Crippen LogP contribution >= 0.6 is 45.2 Å². The van der Waals surface area contributed by atoms with Crippen LogP contribution in [0.25, 0.3) is 0 Å².